The number of pyridine rings is 3. The molecule has 27 heteroatoms. The summed E-state index contributed by atoms with van der Waals surface area (Å²) < 4.78 is 26.5. The predicted octanol–water partition coefficient (Wildman–Crippen LogP) is 11.7. The molecule has 2 amide bonds. The van der Waals surface area contributed by atoms with Crippen molar-refractivity contribution >= 4 is 35.7 Å². The first-order chi connectivity index (χ1) is 59.9. The average Bonchev–Trinajstić information content (AvgIpc) is 1.28. The molecular formula is C101H157LiN6O20. The van der Waals surface area contributed by atoms with Crippen molar-refractivity contribution in [3.63, 3.8) is 0 Å². The van der Waals surface area contributed by atoms with Gasteiger partial charge in [-0.1, -0.05) is 102 Å². The Hall–Kier alpha value is -6.05. The van der Waals surface area contributed by atoms with E-state index in [4.69, 9.17) is 30.2 Å². The fourth-order valence-corrected chi connectivity index (χ4v) is 30.9. The molecule has 3 aromatic rings. The largest absolute Gasteiger partial charge is 1.00 e. The number of hydrogen-bond acceptors (Lipinski definition) is 22. The third-order valence-electron chi connectivity index (χ3n) is 37.3. The quantitative estimate of drug-likeness (QED) is 0.0263. The average molecular weight is 1780 g/mol. The number of ether oxygens (including phenoxy) is 5. The molecule has 3 heterocycles. The van der Waals surface area contributed by atoms with Crippen molar-refractivity contribution in [3.8, 4) is 17.6 Å². The van der Waals surface area contributed by atoms with Crippen molar-refractivity contribution in [1.29, 1.82) is 0 Å². The number of aliphatic hydroxyl groups is 6. The van der Waals surface area contributed by atoms with Gasteiger partial charge in [0.15, 0.2) is 0 Å². The van der Waals surface area contributed by atoms with Crippen LogP contribution in [0.25, 0.3) is 0 Å². The Morgan fingerprint density at radius 3 is 0.961 bits per heavy atom. The molecule has 12 aliphatic carbocycles. The minimum absolute atomic E-state index is 0. The molecule has 0 bridgehead atoms. The van der Waals surface area contributed by atoms with Crippen LogP contribution in [0.2, 0.25) is 0 Å². The summed E-state index contributed by atoms with van der Waals surface area (Å²) in [6.07, 6.45) is 31.7. The van der Waals surface area contributed by atoms with Gasteiger partial charge in [0.05, 0.1) is 93.9 Å². The van der Waals surface area contributed by atoms with Gasteiger partial charge in [0.2, 0.25) is 17.6 Å². The van der Waals surface area contributed by atoms with Crippen molar-refractivity contribution < 1.29 is 118 Å². The van der Waals surface area contributed by atoms with Crippen LogP contribution in [0.4, 0.5) is 0 Å². The van der Waals surface area contributed by atoms with Gasteiger partial charge in [0.25, 0.3) is 11.8 Å². The minimum Gasteiger partial charge on any atom is -0.870 e. The maximum absolute atomic E-state index is 12.2. The molecule has 12 fully saturated rings. The summed E-state index contributed by atoms with van der Waals surface area (Å²) in [5, 5.41) is 89.9. The monoisotopic (exact) mass is 1780 g/mol. The Morgan fingerprint density at radius 2 is 0.703 bits per heavy atom. The smallest absolute Gasteiger partial charge is 0.870 e. The third-order valence-corrected chi connectivity index (χ3v) is 37.3. The molecule has 12 aliphatic rings. The molecule has 12 saturated carbocycles. The number of aliphatic carboxylic acids is 1. The van der Waals surface area contributed by atoms with Gasteiger partial charge in [-0.05, 0) is 329 Å². The molecule has 0 spiro atoms. The zero-order valence-electron chi connectivity index (χ0n) is 79.6. The Kier molecular flexibility index (Phi) is 35.7. The number of aromatic carboxylic acids is 1. The summed E-state index contributed by atoms with van der Waals surface area (Å²) in [6, 6.07) is 9.76. The van der Waals surface area contributed by atoms with E-state index in [0.29, 0.717) is 161 Å². The predicted molar refractivity (Wildman–Crippen MR) is 480 cm³/mol. The second-order valence-electron chi connectivity index (χ2n) is 42.8. The number of carbonyl (C=O) groups excluding carboxylic acids is 4. The maximum Gasteiger partial charge on any atom is 1.00 e. The molecule has 0 unspecified atom stereocenters. The van der Waals surface area contributed by atoms with Gasteiger partial charge in [0.1, 0.15) is 13.1 Å². The summed E-state index contributed by atoms with van der Waals surface area (Å²) >= 11 is 0. The molecule has 0 aromatic carbocycles. The Bertz CT molecular complexity index is 4130. The number of methoxy groups -OCH3 is 2. The zero-order chi connectivity index (χ0) is 91.3. The molecular weight excluding hydrogens is 1620 g/mol. The van der Waals surface area contributed by atoms with E-state index in [-0.39, 0.29) is 136 Å². The molecule has 15 rings (SSSR count). The molecule has 128 heavy (non-hydrogen) atoms. The van der Waals surface area contributed by atoms with Crippen LogP contribution in [0.3, 0.4) is 0 Å². The van der Waals surface area contributed by atoms with Gasteiger partial charge >= 0.3 is 42.7 Å². The number of nitrogens with one attached hydrogen (secondary N) is 2. The summed E-state index contributed by atoms with van der Waals surface area (Å²) in [5.74, 6) is 7.52. The van der Waals surface area contributed by atoms with Crippen LogP contribution in [0, 0.1) is 157 Å². The first-order valence-electron chi connectivity index (χ1n) is 48.6. The molecule has 0 aliphatic heterocycles. The molecule has 3 aromatic heterocycles. The van der Waals surface area contributed by atoms with E-state index in [9.17, 15) is 59.4 Å². The van der Waals surface area contributed by atoms with Crippen LogP contribution in [0.5, 0.6) is 17.6 Å². The van der Waals surface area contributed by atoms with Crippen LogP contribution in [0.1, 0.15) is 288 Å². The fraction of sp³-hybridized carbons (Fsp3) is 0.792. The molecule has 712 valence electrons. The summed E-state index contributed by atoms with van der Waals surface area (Å²) in [5.41, 5.74) is 7.03. The van der Waals surface area contributed by atoms with Crippen LogP contribution in [-0.2, 0) is 23.9 Å². The van der Waals surface area contributed by atoms with Gasteiger partial charge in [-0.15, -0.1) is 0 Å². The van der Waals surface area contributed by atoms with Gasteiger partial charge < -0.3 is 86.4 Å². The topological polar surface area (TPSA) is 429 Å². The van der Waals surface area contributed by atoms with E-state index < -0.39 is 30.4 Å². The van der Waals surface area contributed by atoms with E-state index >= 15 is 0 Å². The fourth-order valence-electron chi connectivity index (χ4n) is 30.9. The standard InChI is InChI=1S/C34H52N2O6.C33H50N2O6.C31H47NO5.C3H7NO2.Li.H2O/c1-6-23-27-17-22(37)11-14-34(27,4)26-12-15-33(3)24(8-9-25(33)30(26)31(23)39)20(2)13-16-42-28-10-7-21(18-35-28)32(40)36-19-29(38)41-5;1-5-22-26-16-21(36)10-13-33(26,4)25-11-14-32(3)23(7-8-24(32)29(25)30(22)39)19(2)12-15-41-27-9-6-20(17-34-27)31(40)35-18-28(37)38;1-5-21-25-16-20(33)10-13-31(25,4)24-11-14-30(3)22(7-8-23(30)27(24)28(21)34)18(2)12-15-37-26-9-6-19(17-32-26)29(35)36;1-6-3(5)2-4;;/h7,10,18,20,22-27,30-31,37,39H,6,8-9,11-17,19H2,1-5H3,(H,36,40);6,9,17,19,21-26,29-30,36,39H,5,7-8,10-16,18H2,1-4H3,(H,35,40)(H,37,38);6,9,17-18,20-25,27-28,33-34H,5,7-8,10-16H2,1-4H3,(H,35,36);2,4H2,1H3;;1H2/q;;;;+1;/p-1/t20-,22-,23-,24-,25+,26+,27+,30+,31-,33-,34-;19-,21-,22-,23-,24+,25+,26+,29+,30-,32-,33-;18-,20-,21-,22-,23+,24+,25+,27+,28-,30-,31-;;;/m111.../s1. The molecule has 0 saturated heterocycles. The number of carboxylic acid groups (broad SMARTS) is 2. The second-order valence-corrected chi connectivity index (χ2v) is 42.8. The summed E-state index contributed by atoms with van der Waals surface area (Å²) in [6.45, 7) is 29.8. The number of fused-ring (bicyclic) bond motifs is 15. The van der Waals surface area contributed by atoms with Crippen molar-refractivity contribution in [3.05, 3.63) is 71.7 Å². The van der Waals surface area contributed by atoms with Crippen molar-refractivity contribution in [1.82, 2.24) is 25.6 Å². The van der Waals surface area contributed by atoms with Crippen molar-refractivity contribution in [2.75, 3.05) is 53.7 Å². The normalized spacial score (nSPS) is 39.1. The number of nitrogens with zero attached hydrogens (tertiary/aromatic N) is 3. The Morgan fingerprint density at radius 1 is 0.414 bits per heavy atom. The number of carboxylic acids is 2. The molecule has 0 radical (unpaired) electrons. The van der Waals surface area contributed by atoms with E-state index in [0.717, 1.165) is 96.3 Å². The SMILES string of the molecule is CC[C@H]1[C@@H](O)[C@@H]2[C@H](CC[C@]3(C)[C@@H]([C@H](C)CCOc4ccc(C(=O)NCC(=O)O)cn4)CC[C@@H]23)[C@@]2(C)CC[C@@H](O)C[C@@H]12.CC[C@H]1[C@@H](O)[C@@H]2[C@H](CC[C@]3(C)[C@@H]([C@H](C)CCOc4ccc(C(=O)NCC(=O)OC)cn4)CC[C@@H]23)[C@@]2(C)CC[C@@H](O)C[C@@H]12.CC[C@H]1[C@@H](O)[C@@H]2[C@H](CC[C@]3(C)[C@@H]([C@H](C)CCOc4ccc(C(=O)O)cn4)CC[C@@H]23)[C@@]2(C)CC[C@@H](O)C[C@@H]12.COC(=O)CN.[Li+].[OH-]. The number of esters is 2. The molecule has 13 N–H and O–H groups in total. The van der Waals surface area contributed by atoms with E-state index in [1.54, 1.807) is 30.3 Å². The Labute approximate surface area is 773 Å². The van der Waals surface area contributed by atoms with Crippen LogP contribution in [-0.4, -0.2) is 187 Å². The second kappa shape index (κ2) is 44.0. The maximum atomic E-state index is 12.2. The van der Waals surface area contributed by atoms with Crippen molar-refractivity contribution in [2.45, 2.75) is 293 Å². The number of aliphatic hydroxyl groups excluding tert-OH is 6. The third kappa shape index (κ3) is 21.2. The number of carbonyl (C=O) groups is 6. The van der Waals surface area contributed by atoms with Crippen molar-refractivity contribution in [2.24, 2.45) is 162 Å². The molecule has 33 atom stereocenters. The zero-order valence-corrected chi connectivity index (χ0v) is 79.6. The Balaban J connectivity index is 0.000000192. The number of nitrogens with two attached hydrogens (primary N) is 1. The number of rotatable bonds is 26. The van der Waals surface area contributed by atoms with Crippen LogP contribution < -0.4 is 49.4 Å². The van der Waals surface area contributed by atoms with Gasteiger partial charge in [-0.2, -0.15) is 0 Å². The molecule has 26 nitrogen and oxygen atoms in total. The first kappa shape index (κ1) is 104. The van der Waals surface area contributed by atoms with E-state index in [1.807, 2.05) is 0 Å². The van der Waals surface area contributed by atoms with Crippen LogP contribution >= 0.6 is 0 Å². The summed E-state index contributed by atoms with van der Waals surface area (Å²) in [4.78, 5) is 79.7. The number of hydrogen-bond donors (Lipinski definition) is 11. The van der Waals surface area contributed by atoms with E-state index in [2.05, 4.69) is 118 Å². The van der Waals surface area contributed by atoms with Gasteiger partial charge in [-0.3, -0.25) is 24.0 Å². The number of aromatic nitrogens is 3. The van der Waals surface area contributed by atoms with E-state index in [1.165, 1.54) is 116 Å². The van der Waals surface area contributed by atoms with Crippen LogP contribution in [0.15, 0.2) is 55.0 Å². The minimum atomic E-state index is -1.09. The van der Waals surface area contributed by atoms with Gasteiger partial charge in [0, 0.05) is 36.8 Å². The van der Waals surface area contributed by atoms with Gasteiger partial charge in [-0.25, -0.2) is 19.7 Å². The summed E-state index contributed by atoms with van der Waals surface area (Å²) in [7, 11) is 2.58. The number of amides is 2. The first-order valence-corrected chi connectivity index (χ1v) is 48.6.